The van der Waals surface area contributed by atoms with Gasteiger partial charge in [0.25, 0.3) is 0 Å². The van der Waals surface area contributed by atoms with Gasteiger partial charge in [0.15, 0.2) is 0 Å². The number of rotatable bonds is 5. The van der Waals surface area contributed by atoms with Gasteiger partial charge in [-0.05, 0) is 53.4 Å². The van der Waals surface area contributed by atoms with E-state index in [9.17, 15) is 0 Å². The zero-order valence-corrected chi connectivity index (χ0v) is 12.2. The second-order valence-electron chi connectivity index (χ2n) is 4.56. The molecule has 0 aromatic carbocycles. The lowest BCUT2D eigenvalue weighted by molar-refractivity contribution is 0.225. The Bertz CT molecular complexity index is 358. The Morgan fingerprint density at radius 3 is 3.00 bits per heavy atom. The third kappa shape index (κ3) is 3.29. The van der Waals surface area contributed by atoms with Crippen molar-refractivity contribution in [3.63, 3.8) is 0 Å². The first-order valence-corrected chi connectivity index (χ1v) is 7.65. The lowest BCUT2D eigenvalue weighted by atomic mass is 10.1. The molecule has 17 heavy (non-hydrogen) atoms. The predicted molar refractivity (Wildman–Crippen MR) is 75.2 cm³/mol. The zero-order valence-electron chi connectivity index (χ0n) is 9.81. The molecule has 2 unspecified atom stereocenters. The van der Waals surface area contributed by atoms with Gasteiger partial charge in [-0.2, -0.15) is 0 Å². The highest BCUT2D eigenvalue weighted by Gasteiger charge is 2.28. The summed E-state index contributed by atoms with van der Waals surface area (Å²) in [6, 6.07) is 4.59. The molecule has 0 spiro atoms. The minimum Gasteiger partial charge on any atom is -0.396 e. The van der Waals surface area contributed by atoms with Gasteiger partial charge in [-0.15, -0.1) is 11.3 Å². The lowest BCUT2D eigenvalue weighted by Gasteiger charge is -2.25. The van der Waals surface area contributed by atoms with Crippen LogP contribution in [0.4, 0.5) is 0 Å². The van der Waals surface area contributed by atoms with Gasteiger partial charge in [0, 0.05) is 24.6 Å². The Labute approximate surface area is 115 Å². The van der Waals surface area contributed by atoms with E-state index in [-0.39, 0.29) is 0 Å². The summed E-state index contributed by atoms with van der Waals surface area (Å²) in [5.41, 5.74) is 5.91. The van der Waals surface area contributed by atoms with Crippen molar-refractivity contribution in [2.45, 2.75) is 18.9 Å². The molecule has 0 amide bonds. The molecule has 1 aromatic rings. The molecule has 0 radical (unpaired) electrons. The van der Waals surface area contributed by atoms with E-state index in [4.69, 9.17) is 10.8 Å². The Morgan fingerprint density at radius 2 is 2.41 bits per heavy atom. The maximum Gasteiger partial charge on any atom is 0.0702 e. The number of aliphatic hydroxyl groups is 1. The normalized spacial score (nSPS) is 23.1. The van der Waals surface area contributed by atoms with Crippen molar-refractivity contribution in [3.05, 3.63) is 20.8 Å². The number of thiophene rings is 1. The number of hydrogen-bond acceptors (Lipinski definition) is 4. The predicted octanol–water partition coefficient (Wildman–Crippen LogP) is 2.21. The fraction of sp³-hybridized carbons (Fsp3) is 0.667. The maximum atomic E-state index is 8.98. The standard InChI is InChI=1S/C12H19BrN2OS/c13-12-2-1-11(17-12)10(7-14)15-5-3-9(8-15)4-6-16/h1-2,9-10,16H,3-8,14H2. The molecule has 1 aliphatic heterocycles. The second kappa shape index (κ2) is 6.29. The van der Waals surface area contributed by atoms with Crippen LogP contribution in [0.2, 0.25) is 0 Å². The molecule has 1 aliphatic rings. The van der Waals surface area contributed by atoms with Crippen molar-refractivity contribution < 1.29 is 5.11 Å². The van der Waals surface area contributed by atoms with Crippen LogP contribution in [0.1, 0.15) is 23.8 Å². The van der Waals surface area contributed by atoms with Gasteiger partial charge in [0.05, 0.1) is 9.83 Å². The number of hydrogen-bond donors (Lipinski definition) is 2. The second-order valence-corrected chi connectivity index (χ2v) is 7.05. The summed E-state index contributed by atoms with van der Waals surface area (Å²) in [6.07, 6.45) is 2.10. The summed E-state index contributed by atoms with van der Waals surface area (Å²) in [5, 5.41) is 8.98. The molecular formula is C12H19BrN2OS. The summed E-state index contributed by atoms with van der Waals surface area (Å²) in [4.78, 5) is 3.79. The average molecular weight is 319 g/mol. The summed E-state index contributed by atoms with van der Waals surface area (Å²) in [5.74, 6) is 0.637. The molecule has 0 saturated carbocycles. The molecule has 1 fully saturated rings. The van der Waals surface area contributed by atoms with E-state index in [0.717, 1.165) is 23.3 Å². The fourth-order valence-electron chi connectivity index (χ4n) is 2.52. The van der Waals surface area contributed by atoms with Crippen molar-refractivity contribution >= 4 is 27.3 Å². The summed E-state index contributed by atoms with van der Waals surface area (Å²) >= 11 is 5.27. The molecule has 2 atom stereocenters. The van der Waals surface area contributed by atoms with Crippen molar-refractivity contribution in [3.8, 4) is 0 Å². The van der Waals surface area contributed by atoms with Crippen LogP contribution in [0.3, 0.4) is 0 Å². The lowest BCUT2D eigenvalue weighted by Crippen LogP contribution is -2.31. The van der Waals surface area contributed by atoms with Crippen LogP contribution in [0.5, 0.6) is 0 Å². The van der Waals surface area contributed by atoms with Crippen LogP contribution in [-0.2, 0) is 0 Å². The SMILES string of the molecule is NCC(c1ccc(Br)s1)N1CCC(CCO)C1. The Morgan fingerprint density at radius 1 is 1.59 bits per heavy atom. The summed E-state index contributed by atoms with van der Waals surface area (Å²) < 4.78 is 1.16. The van der Waals surface area contributed by atoms with E-state index in [2.05, 4.69) is 33.0 Å². The van der Waals surface area contributed by atoms with Gasteiger partial charge >= 0.3 is 0 Å². The number of likely N-dealkylation sites (tertiary alicyclic amines) is 1. The molecule has 2 rings (SSSR count). The van der Waals surface area contributed by atoms with Gasteiger partial charge in [-0.25, -0.2) is 0 Å². The first kappa shape index (κ1) is 13.5. The molecule has 2 heterocycles. The monoisotopic (exact) mass is 318 g/mol. The smallest absolute Gasteiger partial charge is 0.0702 e. The van der Waals surface area contributed by atoms with E-state index < -0.39 is 0 Å². The van der Waals surface area contributed by atoms with Crippen LogP contribution in [0.25, 0.3) is 0 Å². The molecular weight excluding hydrogens is 300 g/mol. The van der Waals surface area contributed by atoms with Crippen molar-refractivity contribution in [2.75, 3.05) is 26.2 Å². The topological polar surface area (TPSA) is 49.5 Å². The summed E-state index contributed by atoms with van der Waals surface area (Å²) in [6.45, 7) is 3.13. The van der Waals surface area contributed by atoms with Gasteiger partial charge in [-0.1, -0.05) is 0 Å². The van der Waals surface area contributed by atoms with Gasteiger partial charge in [-0.3, -0.25) is 4.90 Å². The molecule has 5 heteroatoms. The average Bonchev–Trinajstić information content (AvgIpc) is 2.91. The molecule has 1 aromatic heterocycles. The molecule has 96 valence electrons. The first-order chi connectivity index (χ1) is 8.24. The number of aliphatic hydroxyl groups excluding tert-OH is 1. The minimum absolute atomic E-state index is 0.302. The van der Waals surface area contributed by atoms with Crippen LogP contribution >= 0.6 is 27.3 Å². The Hall–Kier alpha value is 0.0600. The molecule has 3 N–H and O–H groups in total. The largest absolute Gasteiger partial charge is 0.396 e. The van der Waals surface area contributed by atoms with Crippen LogP contribution < -0.4 is 5.73 Å². The molecule has 3 nitrogen and oxygen atoms in total. The van der Waals surface area contributed by atoms with E-state index in [1.165, 1.54) is 11.3 Å². The summed E-state index contributed by atoms with van der Waals surface area (Å²) in [7, 11) is 0. The number of halogens is 1. The number of nitrogens with zero attached hydrogens (tertiary/aromatic N) is 1. The highest BCUT2D eigenvalue weighted by Crippen LogP contribution is 2.33. The van der Waals surface area contributed by atoms with Crippen molar-refractivity contribution in [1.82, 2.24) is 4.90 Å². The zero-order chi connectivity index (χ0) is 12.3. The molecule has 1 saturated heterocycles. The van der Waals surface area contributed by atoms with Crippen LogP contribution in [-0.4, -0.2) is 36.2 Å². The van der Waals surface area contributed by atoms with E-state index in [1.807, 2.05) is 0 Å². The number of nitrogens with two attached hydrogens (primary N) is 1. The van der Waals surface area contributed by atoms with Crippen LogP contribution in [0, 0.1) is 5.92 Å². The van der Waals surface area contributed by atoms with Gasteiger partial charge in [0.1, 0.15) is 0 Å². The maximum absolute atomic E-state index is 8.98. The Balaban J connectivity index is 2.00. The van der Waals surface area contributed by atoms with Crippen molar-refractivity contribution in [2.24, 2.45) is 11.7 Å². The minimum atomic E-state index is 0.302. The highest BCUT2D eigenvalue weighted by molar-refractivity contribution is 9.11. The van der Waals surface area contributed by atoms with E-state index in [0.29, 0.717) is 25.1 Å². The van der Waals surface area contributed by atoms with E-state index in [1.54, 1.807) is 11.3 Å². The van der Waals surface area contributed by atoms with Gasteiger partial charge < -0.3 is 10.8 Å². The third-order valence-corrected chi connectivity index (χ3v) is 5.17. The van der Waals surface area contributed by atoms with E-state index >= 15 is 0 Å². The molecule has 0 bridgehead atoms. The molecule has 0 aliphatic carbocycles. The van der Waals surface area contributed by atoms with Crippen LogP contribution in [0.15, 0.2) is 15.9 Å². The fourth-order valence-corrected chi connectivity index (χ4v) is 4.09. The quantitative estimate of drug-likeness (QED) is 0.875. The van der Waals surface area contributed by atoms with Crippen molar-refractivity contribution in [1.29, 1.82) is 0 Å². The highest BCUT2D eigenvalue weighted by atomic mass is 79.9. The first-order valence-electron chi connectivity index (χ1n) is 6.04. The van der Waals surface area contributed by atoms with Gasteiger partial charge in [0.2, 0.25) is 0 Å². The Kier molecular flexibility index (Phi) is 4.99. The third-order valence-electron chi connectivity index (χ3n) is 3.44.